The molecule has 0 amide bonds. The van der Waals surface area contributed by atoms with Crippen molar-refractivity contribution in [3.8, 4) is 5.75 Å². The van der Waals surface area contributed by atoms with Gasteiger partial charge in [0.25, 0.3) is 0 Å². The first-order valence-corrected chi connectivity index (χ1v) is 4.39. The van der Waals surface area contributed by atoms with Gasteiger partial charge in [0.15, 0.2) is 0 Å². The lowest BCUT2D eigenvalue weighted by atomic mass is 10.0. The topological polar surface area (TPSA) is 46.2 Å². The van der Waals surface area contributed by atoms with E-state index in [0.717, 1.165) is 11.6 Å². The molecule has 0 aromatic heterocycles. The number of hydrogen-bond donors (Lipinski definition) is 2. The first-order valence-electron chi connectivity index (χ1n) is 4.39. The molecule has 0 aliphatic rings. The Morgan fingerprint density at radius 3 is 2.67 bits per heavy atom. The number of aromatic hydroxyl groups is 1. The van der Waals surface area contributed by atoms with Crippen LogP contribution < -0.4 is 5.73 Å². The van der Waals surface area contributed by atoms with E-state index in [1.807, 2.05) is 6.92 Å². The van der Waals surface area contributed by atoms with Gasteiger partial charge in [0.05, 0.1) is 0 Å². The van der Waals surface area contributed by atoms with E-state index in [4.69, 9.17) is 10.8 Å². The second-order valence-corrected chi connectivity index (χ2v) is 3.47. The monoisotopic (exact) mass is 231 g/mol. The van der Waals surface area contributed by atoms with Crippen molar-refractivity contribution in [3.05, 3.63) is 41.7 Å². The van der Waals surface area contributed by atoms with Crippen LogP contribution in [-0.4, -0.2) is 5.11 Å². The zero-order valence-corrected chi connectivity index (χ0v) is 9.35. The highest BCUT2D eigenvalue weighted by Crippen LogP contribution is 2.23. The van der Waals surface area contributed by atoms with E-state index in [-0.39, 0.29) is 18.2 Å². The average molecular weight is 232 g/mol. The van der Waals surface area contributed by atoms with E-state index in [2.05, 4.69) is 6.58 Å². The number of hydrogen-bond acceptors (Lipinski definition) is 2. The van der Waals surface area contributed by atoms with Crippen molar-refractivity contribution < 1.29 is 9.50 Å². The minimum atomic E-state index is -0.473. The van der Waals surface area contributed by atoms with Crippen molar-refractivity contribution >= 4 is 12.4 Å². The van der Waals surface area contributed by atoms with Crippen molar-refractivity contribution in [2.24, 2.45) is 5.73 Å². The smallest absolute Gasteiger partial charge is 0.131 e. The van der Waals surface area contributed by atoms with Crippen LogP contribution in [0.3, 0.4) is 0 Å². The molecule has 1 aromatic carbocycles. The summed E-state index contributed by atoms with van der Waals surface area (Å²) in [5.74, 6) is -0.562. The van der Waals surface area contributed by atoms with Gasteiger partial charge in [0.1, 0.15) is 11.6 Å². The molecule has 0 fully saturated rings. The number of benzene rings is 1. The molecular formula is C11H15ClFNO. The second-order valence-electron chi connectivity index (χ2n) is 3.47. The van der Waals surface area contributed by atoms with Crippen LogP contribution in [-0.2, 0) is 0 Å². The van der Waals surface area contributed by atoms with Crippen molar-refractivity contribution in [1.82, 2.24) is 0 Å². The Hall–Kier alpha value is -1.06. The van der Waals surface area contributed by atoms with E-state index in [0.29, 0.717) is 12.0 Å². The number of phenols is 1. The Labute approximate surface area is 95.0 Å². The van der Waals surface area contributed by atoms with Crippen LogP contribution in [0.25, 0.3) is 0 Å². The Morgan fingerprint density at radius 1 is 1.60 bits per heavy atom. The summed E-state index contributed by atoms with van der Waals surface area (Å²) in [6.45, 7) is 5.56. The van der Waals surface area contributed by atoms with Gasteiger partial charge >= 0.3 is 0 Å². The first-order chi connectivity index (χ1) is 6.50. The third kappa shape index (κ3) is 3.90. The van der Waals surface area contributed by atoms with E-state index >= 15 is 0 Å². The van der Waals surface area contributed by atoms with E-state index in [9.17, 15) is 4.39 Å². The quantitative estimate of drug-likeness (QED) is 0.786. The number of halogens is 2. The van der Waals surface area contributed by atoms with Crippen LogP contribution in [0.4, 0.5) is 4.39 Å². The maximum Gasteiger partial charge on any atom is 0.131 e. The predicted octanol–water partition coefficient (Wildman–Crippen LogP) is 2.92. The van der Waals surface area contributed by atoms with Gasteiger partial charge in [-0.25, -0.2) is 4.39 Å². The standard InChI is InChI=1S/C11H14FNO.ClH/c1-7(2)5-11(13)9-4-3-8(14)6-10(9)12;/h3-4,6,11,14H,1,5,13H2,2H3;1H/t11-;/m1./s1. The number of phenolic OH excluding ortho intramolecular Hbond substituents is 1. The number of rotatable bonds is 3. The van der Waals surface area contributed by atoms with Gasteiger partial charge in [-0.1, -0.05) is 11.6 Å². The van der Waals surface area contributed by atoms with Crippen molar-refractivity contribution in [3.63, 3.8) is 0 Å². The van der Waals surface area contributed by atoms with Crippen molar-refractivity contribution in [2.45, 2.75) is 19.4 Å². The Balaban J connectivity index is 0.00000196. The average Bonchev–Trinajstić information content (AvgIpc) is 2.01. The molecule has 0 unspecified atom stereocenters. The van der Waals surface area contributed by atoms with Gasteiger partial charge in [-0.05, 0) is 19.4 Å². The SMILES string of the molecule is C=C(C)C[C@@H](N)c1ccc(O)cc1F.Cl. The second kappa shape index (κ2) is 5.73. The molecule has 1 atom stereocenters. The zero-order valence-electron chi connectivity index (χ0n) is 8.53. The predicted molar refractivity (Wildman–Crippen MR) is 61.7 cm³/mol. The fraction of sp³-hybridized carbons (Fsp3) is 0.273. The maximum atomic E-state index is 13.3. The summed E-state index contributed by atoms with van der Waals surface area (Å²) < 4.78 is 13.3. The van der Waals surface area contributed by atoms with Crippen LogP contribution in [0.2, 0.25) is 0 Å². The molecule has 4 heteroatoms. The van der Waals surface area contributed by atoms with Crippen LogP contribution >= 0.6 is 12.4 Å². The molecule has 0 radical (unpaired) electrons. The molecule has 0 heterocycles. The summed E-state index contributed by atoms with van der Waals surface area (Å²) in [5.41, 5.74) is 7.08. The van der Waals surface area contributed by atoms with Gasteiger partial charge in [0, 0.05) is 17.7 Å². The maximum absolute atomic E-state index is 13.3. The Morgan fingerprint density at radius 2 is 2.20 bits per heavy atom. The molecule has 1 rings (SSSR count). The zero-order chi connectivity index (χ0) is 10.7. The lowest BCUT2D eigenvalue weighted by Crippen LogP contribution is -2.12. The highest BCUT2D eigenvalue weighted by Gasteiger charge is 2.11. The molecule has 3 N–H and O–H groups in total. The van der Waals surface area contributed by atoms with E-state index in [1.54, 1.807) is 0 Å². The molecule has 2 nitrogen and oxygen atoms in total. The molecule has 0 aliphatic carbocycles. The summed E-state index contributed by atoms with van der Waals surface area (Å²) in [4.78, 5) is 0. The molecule has 1 aromatic rings. The van der Waals surface area contributed by atoms with Gasteiger partial charge in [0.2, 0.25) is 0 Å². The first kappa shape index (κ1) is 13.9. The molecule has 0 saturated heterocycles. The third-order valence-electron chi connectivity index (χ3n) is 1.95. The summed E-state index contributed by atoms with van der Waals surface area (Å²) in [7, 11) is 0. The van der Waals surface area contributed by atoms with Crippen molar-refractivity contribution in [2.75, 3.05) is 0 Å². The fourth-order valence-corrected chi connectivity index (χ4v) is 1.30. The van der Waals surface area contributed by atoms with Crippen LogP contribution in [0.1, 0.15) is 24.9 Å². The van der Waals surface area contributed by atoms with Crippen LogP contribution in [0, 0.1) is 5.82 Å². The summed E-state index contributed by atoms with van der Waals surface area (Å²) in [6.07, 6.45) is 0.543. The van der Waals surface area contributed by atoms with Crippen LogP contribution in [0.15, 0.2) is 30.4 Å². The van der Waals surface area contributed by atoms with Gasteiger partial charge in [-0.3, -0.25) is 0 Å². The minimum Gasteiger partial charge on any atom is -0.508 e. The highest BCUT2D eigenvalue weighted by molar-refractivity contribution is 5.85. The van der Waals surface area contributed by atoms with Gasteiger partial charge in [-0.2, -0.15) is 0 Å². The highest BCUT2D eigenvalue weighted by atomic mass is 35.5. The normalized spacial score (nSPS) is 11.7. The Kier molecular flexibility index (Phi) is 5.33. The molecule has 84 valence electrons. The lowest BCUT2D eigenvalue weighted by Gasteiger charge is -2.12. The molecule has 0 aliphatic heterocycles. The largest absolute Gasteiger partial charge is 0.508 e. The Bertz CT molecular complexity index is 354. The summed E-state index contributed by atoms with van der Waals surface area (Å²) >= 11 is 0. The van der Waals surface area contributed by atoms with Gasteiger partial charge in [-0.15, -0.1) is 19.0 Å². The van der Waals surface area contributed by atoms with Gasteiger partial charge < -0.3 is 10.8 Å². The van der Waals surface area contributed by atoms with Crippen molar-refractivity contribution in [1.29, 1.82) is 0 Å². The van der Waals surface area contributed by atoms with Crippen LogP contribution in [0.5, 0.6) is 5.75 Å². The lowest BCUT2D eigenvalue weighted by molar-refractivity contribution is 0.466. The number of nitrogens with two attached hydrogens (primary N) is 1. The summed E-state index contributed by atoms with van der Waals surface area (Å²) in [6, 6.07) is 3.59. The molecule has 0 bridgehead atoms. The molecule has 0 saturated carbocycles. The minimum absolute atomic E-state index is 0. The van der Waals surface area contributed by atoms with E-state index < -0.39 is 11.9 Å². The third-order valence-corrected chi connectivity index (χ3v) is 1.95. The fourth-order valence-electron chi connectivity index (χ4n) is 1.30. The molecule has 0 spiro atoms. The van der Waals surface area contributed by atoms with E-state index in [1.165, 1.54) is 12.1 Å². The summed E-state index contributed by atoms with van der Waals surface area (Å²) in [5, 5.41) is 9.00. The molecular weight excluding hydrogens is 217 g/mol. The molecule has 15 heavy (non-hydrogen) atoms.